The molecule has 0 radical (unpaired) electrons. The first kappa shape index (κ1) is 20.9. The standard InChI is InChI=1S/C16H12ClF6NO3/c17-12-7-10(2-3-13(12)25)26-4-1-5-27-14-11(16(21,22)23)6-9(8-24-14)15(18,19)20/h2-3,6-8,25H,1,4-5H2. The third-order valence-electron chi connectivity index (χ3n) is 3.20. The van der Waals surface area contributed by atoms with Gasteiger partial charge in [0, 0.05) is 18.7 Å². The number of halogens is 7. The van der Waals surface area contributed by atoms with E-state index in [0.717, 1.165) is 0 Å². The molecule has 2 rings (SSSR count). The van der Waals surface area contributed by atoms with Crippen molar-refractivity contribution < 1.29 is 40.9 Å². The molecule has 0 saturated heterocycles. The third kappa shape index (κ3) is 5.81. The van der Waals surface area contributed by atoms with Crippen molar-refractivity contribution in [3.05, 3.63) is 46.6 Å². The summed E-state index contributed by atoms with van der Waals surface area (Å²) in [6.45, 7) is -0.240. The Morgan fingerprint density at radius 3 is 2.22 bits per heavy atom. The molecule has 0 bridgehead atoms. The van der Waals surface area contributed by atoms with Crippen molar-refractivity contribution in [3.63, 3.8) is 0 Å². The fourth-order valence-electron chi connectivity index (χ4n) is 1.92. The summed E-state index contributed by atoms with van der Waals surface area (Å²) in [7, 11) is 0. The van der Waals surface area contributed by atoms with Crippen molar-refractivity contribution >= 4 is 11.6 Å². The van der Waals surface area contributed by atoms with Gasteiger partial charge in [-0.05, 0) is 18.2 Å². The Kier molecular flexibility index (Phi) is 6.30. The van der Waals surface area contributed by atoms with Crippen molar-refractivity contribution in [2.24, 2.45) is 0 Å². The van der Waals surface area contributed by atoms with E-state index < -0.39 is 29.4 Å². The minimum absolute atomic E-state index is 0.0308. The molecule has 0 unspecified atom stereocenters. The molecule has 1 N–H and O–H groups in total. The van der Waals surface area contributed by atoms with E-state index in [1.54, 1.807) is 0 Å². The van der Waals surface area contributed by atoms with Gasteiger partial charge in [-0.15, -0.1) is 0 Å². The summed E-state index contributed by atoms with van der Waals surface area (Å²) in [6.07, 6.45) is -9.61. The fraction of sp³-hybridized carbons (Fsp3) is 0.312. The van der Waals surface area contributed by atoms with Gasteiger partial charge in [0.05, 0.1) is 23.8 Å². The molecule has 148 valence electrons. The zero-order valence-electron chi connectivity index (χ0n) is 13.4. The van der Waals surface area contributed by atoms with Crippen LogP contribution in [0.5, 0.6) is 17.4 Å². The highest BCUT2D eigenvalue weighted by molar-refractivity contribution is 6.32. The quantitative estimate of drug-likeness (QED) is 0.512. The molecule has 0 fully saturated rings. The molecular weight excluding hydrogens is 404 g/mol. The van der Waals surface area contributed by atoms with E-state index in [2.05, 4.69) is 4.98 Å². The Morgan fingerprint density at radius 2 is 1.63 bits per heavy atom. The summed E-state index contributed by atoms with van der Waals surface area (Å²) < 4.78 is 86.7. The van der Waals surface area contributed by atoms with Crippen molar-refractivity contribution in [1.82, 2.24) is 4.98 Å². The molecule has 4 nitrogen and oxygen atoms in total. The second-order valence-corrected chi connectivity index (χ2v) is 5.64. The average Bonchev–Trinajstić information content (AvgIpc) is 2.56. The minimum atomic E-state index is -5.05. The molecule has 0 aliphatic rings. The van der Waals surface area contributed by atoms with Crippen LogP contribution >= 0.6 is 11.6 Å². The molecule has 0 saturated carbocycles. The topological polar surface area (TPSA) is 51.6 Å². The summed E-state index contributed by atoms with van der Waals surface area (Å²) in [6, 6.07) is 4.03. The summed E-state index contributed by atoms with van der Waals surface area (Å²) in [5.41, 5.74) is -3.13. The van der Waals surface area contributed by atoms with Crippen LogP contribution in [0.2, 0.25) is 5.02 Å². The number of hydrogen-bond donors (Lipinski definition) is 1. The normalized spacial score (nSPS) is 12.1. The van der Waals surface area contributed by atoms with Gasteiger partial charge < -0.3 is 14.6 Å². The Morgan fingerprint density at radius 1 is 0.963 bits per heavy atom. The second-order valence-electron chi connectivity index (χ2n) is 5.24. The first-order chi connectivity index (χ1) is 12.5. The van der Waals surface area contributed by atoms with E-state index in [0.29, 0.717) is 5.75 Å². The van der Waals surface area contributed by atoms with Crippen molar-refractivity contribution in [1.29, 1.82) is 0 Å². The lowest BCUT2D eigenvalue weighted by Crippen LogP contribution is -2.15. The van der Waals surface area contributed by atoms with E-state index in [1.807, 2.05) is 0 Å². The molecular formula is C16H12ClF6NO3. The summed E-state index contributed by atoms with van der Waals surface area (Å²) in [5, 5.41) is 9.33. The highest BCUT2D eigenvalue weighted by Crippen LogP contribution is 2.39. The summed E-state index contributed by atoms with van der Waals surface area (Å²) in [5.74, 6) is -0.759. The van der Waals surface area contributed by atoms with Gasteiger partial charge in [-0.25, -0.2) is 4.98 Å². The van der Waals surface area contributed by atoms with Crippen LogP contribution in [0.1, 0.15) is 17.5 Å². The van der Waals surface area contributed by atoms with Crippen LogP contribution in [0.25, 0.3) is 0 Å². The van der Waals surface area contributed by atoms with Gasteiger partial charge in [0.25, 0.3) is 0 Å². The molecule has 27 heavy (non-hydrogen) atoms. The number of phenols is 1. The number of ether oxygens (including phenoxy) is 2. The summed E-state index contributed by atoms with van der Waals surface area (Å²) in [4.78, 5) is 3.14. The number of benzene rings is 1. The van der Waals surface area contributed by atoms with Crippen LogP contribution < -0.4 is 9.47 Å². The molecule has 1 aromatic heterocycles. The Hall–Kier alpha value is -2.36. The first-order valence-corrected chi connectivity index (χ1v) is 7.75. The zero-order chi connectivity index (χ0) is 20.2. The van der Waals surface area contributed by atoms with E-state index in [-0.39, 0.29) is 42.7 Å². The molecule has 0 amide bonds. The molecule has 0 spiro atoms. The van der Waals surface area contributed by atoms with Gasteiger partial charge in [0.1, 0.15) is 17.1 Å². The van der Waals surface area contributed by atoms with E-state index in [9.17, 15) is 31.4 Å². The molecule has 2 aromatic rings. The average molecular weight is 416 g/mol. The molecule has 0 aliphatic carbocycles. The van der Waals surface area contributed by atoms with E-state index in [1.165, 1.54) is 18.2 Å². The molecule has 1 aromatic carbocycles. The molecule has 0 atom stereocenters. The predicted molar refractivity (Wildman–Crippen MR) is 83.0 cm³/mol. The first-order valence-electron chi connectivity index (χ1n) is 7.37. The maximum atomic E-state index is 12.9. The Labute approximate surface area is 154 Å². The number of rotatable bonds is 6. The zero-order valence-corrected chi connectivity index (χ0v) is 14.1. The van der Waals surface area contributed by atoms with Gasteiger partial charge in [-0.3, -0.25) is 0 Å². The number of phenolic OH excluding ortho intramolecular Hbond substituents is 1. The maximum Gasteiger partial charge on any atom is 0.421 e. The number of aromatic hydroxyl groups is 1. The highest BCUT2D eigenvalue weighted by Gasteiger charge is 2.39. The van der Waals surface area contributed by atoms with Crippen LogP contribution in [-0.4, -0.2) is 23.3 Å². The molecule has 0 aliphatic heterocycles. The predicted octanol–water partition coefficient (Wildman–Crippen LogP) is 5.33. The third-order valence-corrected chi connectivity index (χ3v) is 3.50. The van der Waals surface area contributed by atoms with Crippen LogP contribution in [0, 0.1) is 0 Å². The van der Waals surface area contributed by atoms with Crippen LogP contribution in [0.3, 0.4) is 0 Å². The minimum Gasteiger partial charge on any atom is -0.506 e. The van der Waals surface area contributed by atoms with Gasteiger partial charge in [-0.2, -0.15) is 26.3 Å². The number of pyridine rings is 1. The highest BCUT2D eigenvalue weighted by atomic mass is 35.5. The Bertz CT molecular complexity index is 795. The number of alkyl halides is 6. The van der Waals surface area contributed by atoms with Crippen LogP contribution in [-0.2, 0) is 12.4 Å². The lowest BCUT2D eigenvalue weighted by atomic mass is 10.2. The number of aromatic nitrogens is 1. The van der Waals surface area contributed by atoms with E-state index >= 15 is 0 Å². The van der Waals surface area contributed by atoms with Gasteiger partial charge in [0.2, 0.25) is 5.88 Å². The summed E-state index contributed by atoms with van der Waals surface area (Å²) >= 11 is 5.69. The SMILES string of the molecule is Oc1ccc(OCCCOc2ncc(C(F)(F)F)cc2C(F)(F)F)cc1Cl. The number of nitrogens with zero attached hydrogens (tertiary/aromatic N) is 1. The van der Waals surface area contributed by atoms with Gasteiger partial charge in [0.15, 0.2) is 0 Å². The van der Waals surface area contributed by atoms with Crippen LogP contribution in [0.15, 0.2) is 30.5 Å². The van der Waals surface area contributed by atoms with Crippen molar-refractivity contribution in [2.75, 3.05) is 13.2 Å². The molecule has 1 heterocycles. The monoisotopic (exact) mass is 415 g/mol. The lowest BCUT2D eigenvalue weighted by molar-refractivity contribution is -0.144. The van der Waals surface area contributed by atoms with Crippen molar-refractivity contribution in [2.45, 2.75) is 18.8 Å². The lowest BCUT2D eigenvalue weighted by Gasteiger charge is -2.15. The number of hydrogen-bond acceptors (Lipinski definition) is 4. The van der Waals surface area contributed by atoms with E-state index in [4.69, 9.17) is 21.1 Å². The van der Waals surface area contributed by atoms with Crippen molar-refractivity contribution in [3.8, 4) is 17.4 Å². The smallest absolute Gasteiger partial charge is 0.421 e. The maximum absolute atomic E-state index is 12.9. The second kappa shape index (κ2) is 8.12. The van der Waals surface area contributed by atoms with Gasteiger partial charge >= 0.3 is 12.4 Å². The van der Waals surface area contributed by atoms with Crippen LogP contribution in [0.4, 0.5) is 26.3 Å². The van der Waals surface area contributed by atoms with Gasteiger partial charge in [-0.1, -0.05) is 11.6 Å². The largest absolute Gasteiger partial charge is 0.506 e. The Balaban J connectivity index is 1.95. The fourth-order valence-corrected chi connectivity index (χ4v) is 2.09. The molecule has 11 heteroatoms.